The van der Waals surface area contributed by atoms with Crippen molar-refractivity contribution in [2.45, 2.75) is 39.8 Å². The average Bonchev–Trinajstić information content (AvgIpc) is 2.72. The number of para-hydroxylation sites is 1. The predicted molar refractivity (Wildman–Crippen MR) is 74.9 cm³/mol. The number of nitrogens with one attached hydrogen (secondary N) is 1. The number of imidazole rings is 1. The Balaban J connectivity index is 2.40. The van der Waals surface area contributed by atoms with Crippen molar-refractivity contribution in [3.05, 3.63) is 47.8 Å². The molecule has 0 amide bonds. The summed E-state index contributed by atoms with van der Waals surface area (Å²) in [5.74, 6) is 0.552. The highest BCUT2D eigenvalue weighted by atomic mass is 19.1. The molecular weight excluding hydrogens is 241 g/mol. The summed E-state index contributed by atoms with van der Waals surface area (Å²) in [6.45, 7) is 8.76. The van der Waals surface area contributed by atoms with Gasteiger partial charge in [-0.05, 0) is 39.3 Å². The van der Waals surface area contributed by atoms with Gasteiger partial charge in [-0.1, -0.05) is 12.1 Å². The summed E-state index contributed by atoms with van der Waals surface area (Å²) in [6, 6.07) is 5.16. The highest BCUT2D eigenvalue weighted by Crippen LogP contribution is 2.20. The van der Waals surface area contributed by atoms with Gasteiger partial charge in [-0.25, -0.2) is 9.37 Å². The monoisotopic (exact) mass is 261 g/mol. The fraction of sp³-hybridized carbons (Fsp3) is 0.400. The second-order valence-electron chi connectivity index (χ2n) is 5.70. The van der Waals surface area contributed by atoms with E-state index in [1.807, 2.05) is 13.0 Å². The largest absolute Gasteiger partial charge is 0.308 e. The zero-order valence-corrected chi connectivity index (χ0v) is 11.9. The van der Waals surface area contributed by atoms with Crippen LogP contribution in [0.2, 0.25) is 0 Å². The van der Waals surface area contributed by atoms with Gasteiger partial charge in [-0.3, -0.25) is 0 Å². The molecule has 0 aliphatic carbocycles. The Labute approximate surface area is 113 Å². The number of rotatable bonds is 3. The van der Waals surface area contributed by atoms with E-state index in [1.165, 1.54) is 6.07 Å². The van der Waals surface area contributed by atoms with Crippen molar-refractivity contribution >= 4 is 0 Å². The van der Waals surface area contributed by atoms with Crippen LogP contribution in [0.15, 0.2) is 30.6 Å². The van der Waals surface area contributed by atoms with E-state index >= 15 is 0 Å². The number of nitrogens with zero attached hydrogens (tertiary/aromatic N) is 2. The molecule has 0 saturated carbocycles. The van der Waals surface area contributed by atoms with Crippen LogP contribution < -0.4 is 5.32 Å². The highest BCUT2D eigenvalue weighted by Gasteiger charge is 2.15. The Morgan fingerprint density at radius 2 is 2.05 bits per heavy atom. The summed E-state index contributed by atoms with van der Waals surface area (Å²) in [4.78, 5) is 4.16. The number of hydrogen-bond acceptors (Lipinski definition) is 2. The molecule has 2 rings (SSSR count). The van der Waals surface area contributed by atoms with Gasteiger partial charge in [-0.2, -0.15) is 0 Å². The van der Waals surface area contributed by atoms with Crippen LogP contribution >= 0.6 is 0 Å². The van der Waals surface area contributed by atoms with Gasteiger partial charge < -0.3 is 9.88 Å². The van der Waals surface area contributed by atoms with Gasteiger partial charge in [-0.15, -0.1) is 0 Å². The van der Waals surface area contributed by atoms with Crippen LogP contribution in [0.25, 0.3) is 5.69 Å². The molecule has 0 aliphatic heterocycles. The van der Waals surface area contributed by atoms with Gasteiger partial charge in [0, 0.05) is 24.5 Å². The normalized spacial score (nSPS) is 11.8. The van der Waals surface area contributed by atoms with E-state index in [-0.39, 0.29) is 11.4 Å². The van der Waals surface area contributed by atoms with Crippen LogP contribution in [0, 0.1) is 12.7 Å². The second-order valence-corrected chi connectivity index (χ2v) is 5.70. The van der Waals surface area contributed by atoms with E-state index in [4.69, 9.17) is 0 Å². The molecule has 1 heterocycles. The molecule has 0 spiro atoms. The van der Waals surface area contributed by atoms with E-state index in [2.05, 4.69) is 31.1 Å². The molecule has 102 valence electrons. The number of benzene rings is 1. The van der Waals surface area contributed by atoms with Crippen molar-refractivity contribution in [3.8, 4) is 5.69 Å². The van der Waals surface area contributed by atoms with Crippen molar-refractivity contribution < 1.29 is 4.39 Å². The molecule has 0 unspecified atom stereocenters. The molecule has 0 aliphatic rings. The molecule has 1 aromatic carbocycles. The van der Waals surface area contributed by atoms with Crippen LogP contribution in [0.3, 0.4) is 0 Å². The van der Waals surface area contributed by atoms with Gasteiger partial charge in [0.05, 0.1) is 5.69 Å². The van der Waals surface area contributed by atoms with Crippen molar-refractivity contribution in [2.75, 3.05) is 0 Å². The fourth-order valence-corrected chi connectivity index (χ4v) is 1.95. The summed E-state index contributed by atoms with van der Waals surface area (Å²) < 4.78 is 15.9. The lowest BCUT2D eigenvalue weighted by atomic mass is 10.1. The first-order valence-electron chi connectivity index (χ1n) is 6.41. The Morgan fingerprint density at radius 3 is 2.63 bits per heavy atom. The third-order valence-electron chi connectivity index (χ3n) is 2.95. The van der Waals surface area contributed by atoms with Crippen LogP contribution in [0.1, 0.15) is 32.2 Å². The first kappa shape index (κ1) is 13.7. The Bertz CT molecular complexity index is 567. The van der Waals surface area contributed by atoms with Crippen LogP contribution in [-0.2, 0) is 6.54 Å². The van der Waals surface area contributed by atoms with Crippen molar-refractivity contribution in [1.82, 2.24) is 14.9 Å². The van der Waals surface area contributed by atoms with Gasteiger partial charge in [0.15, 0.2) is 0 Å². The third-order valence-corrected chi connectivity index (χ3v) is 2.95. The third kappa shape index (κ3) is 3.20. The Kier molecular flexibility index (Phi) is 3.71. The molecule has 19 heavy (non-hydrogen) atoms. The summed E-state index contributed by atoms with van der Waals surface area (Å²) in [5, 5.41) is 3.39. The maximum absolute atomic E-state index is 14.1. The van der Waals surface area contributed by atoms with E-state index < -0.39 is 0 Å². The smallest absolute Gasteiger partial charge is 0.147 e. The highest BCUT2D eigenvalue weighted by molar-refractivity contribution is 5.43. The van der Waals surface area contributed by atoms with Crippen molar-refractivity contribution in [3.63, 3.8) is 0 Å². The molecular formula is C15H20FN3. The second kappa shape index (κ2) is 5.13. The number of hydrogen-bond donors (Lipinski definition) is 1. The Hall–Kier alpha value is -1.68. The van der Waals surface area contributed by atoms with E-state index in [9.17, 15) is 4.39 Å². The summed E-state index contributed by atoms with van der Waals surface area (Å²) in [6.07, 6.45) is 3.47. The summed E-state index contributed by atoms with van der Waals surface area (Å²) in [7, 11) is 0. The van der Waals surface area contributed by atoms with Crippen LogP contribution in [0.5, 0.6) is 0 Å². The minimum absolute atomic E-state index is 0.00638. The van der Waals surface area contributed by atoms with E-state index in [1.54, 1.807) is 23.0 Å². The SMILES string of the molecule is Cc1nccn1-c1c(F)cccc1CNC(C)(C)C. The van der Waals surface area contributed by atoms with E-state index in [0.717, 1.165) is 11.4 Å². The first-order chi connectivity index (χ1) is 8.88. The Morgan fingerprint density at radius 1 is 1.32 bits per heavy atom. The van der Waals surface area contributed by atoms with E-state index in [0.29, 0.717) is 12.2 Å². The molecule has 2 aromatic rings. The molecule has 4 heteroatoms. The number of halogens is 1. The molecule has 0 atom stereocenters. The molecule has 0 fully saturated rings. The van der Waals surface area contributed by atoms with Gasteiger partial charge in [0.2, 0.25) is 0 Å². The maximum atomic E-state index is 14.1. The lowest BCUT2D eigenvalue weighted by molar-refractivity contribution is 0.423. The topological polar surface area (TPSA) is 29.9 Å². The molecule has 1 aromatic heterocycles. The lowest BCUT2D eigenvalue weighted by Crippen LogP contribution is -2.35. The number of aryl methyl sites for hydroxylation is 1. The van der Waals surface area contributed by atoms with Crippen LogP contribution in [-0.4, -0.2) is 15.1 Å². The summed E-state index contributed by atoms with van der Waals surface area (Å²) >= 11 is 0. The van der Waals surface area contributed by atoms with Crippen molar-refractivity contribution in [1.29, 1.82) is 0 Å². The first-order valence-corrected chi connectivity index (χ1v) is 6.41. The minimum atomic E-state index is -0.227. The van der Waals surface area contributed by atoms with Crippen molar-refractivity contribution in [2.24, 2.45) is 0 Å². The van der Waals surface area contributed by atoms with Crippen LogP contribution in [0.4, 0.5) is 4.39 Å². The summed E-state index contributed by atoms with van der Waals surface area (Å²) in [5.41, 5.74) is 1.50. The molecule has 1 N–H and O–H groups in total. The molecule has 0 bridgehead atoms. The zero-order chi connectivity index (χ0) is 14.0. The van der Waals surface area contributed by atoms with Gasteiger partial charge in [0.1, 0.15) is 11.6 Å². The molecule has 3 nitrogen and oxygen atoms in total. The zero-order valence-electron chi connectivity index (χ0n) is 11.9. The number of aromatic nitrogens is 2. The standard InChI is InChI=1S/C15H20FN3/c1-11-17-8-9-19(11)14-12(6-5-7-13(14)16)10-18-15(2,3)4/h5-9,18H,10H2,1-4H3. The van der Waals surface area contributed by atoms with Gasteiger partial charge in [0.25, 0.3) is 0 Å². The molecule has 0 radical (unpaired) electrons. The fourth-order valence-electron chi connectivity index (χ4n) is 1.95. The average molecular weight is 261 g/mol. The maximum Gasteiger partial charge on any atom is 0.147 e. The minimum Gasteiger partial charge on any atom is -0.308 e. The quantitative estimate of drug-likeness (QED) is 0.919. The van der Waals surface area contributed by atoms with Gasteiger partial charge >= 0.3 is 0 Å². The predicted octanol–water partition coefficient (Wildman–Crippen LogP) is 3.21. The lowest BCUT2D eigenvalue weighted by Gasteiger charge is -2.22. The molecule has 0 saturated heterocycles.